The zero-order chi connectivity index (χ0) is 9.84. The van der Waals surface area contributed by atoms with Gasteiger partial charge in [-0.1, -0.05) is 18.2 Å². The molecule has 3 nitrogen and oxygen atoms in total. The fourth-order valence-corrected chi connectivity index (χ4v) is 1.19. The van der Waals surface area contributed by atoms with E-state index in [1.807, 2.05) is 32.0 Å². The van der Waals surface area contributed by atoms with Crippen molar-refractivity contribution < 1.29 is 4.79 Å². The molecule has 3 heteroatoms. The zero-order valence-corrected chi connectivity index (χ0v) is 7.92. The fourth-order valence-electron chi connectivity index (χ4n) is 1.19. The molecule has 0 unspecified atom stereocenters. The van der Waals surface area contributed by atoms with Crippen LogP contribution in [0.3, 0.4) is 0 Å². The zero-order valence-electron chi connectivity index (χ0n) is 7.92. The Morgan fingerprint density at radius 1 is 1.46 bits per heavy atom. The van der Waals surface area contributed by atoms with Crippen LogP contribution in [0, 0.1) is 13.8 Å². The molecular formula is C10H14N2O. The van der Waals surface area contributed by atoms with Gasteiger partial charge in [-0.15, -0.1) is 0 Å². The Labute approximate surface area is 77.9 Å². The van der Waals surface area contributed by atoms with Crippen LogP contribution in [0.4, 0.5) is 4.79 Å². The first-order chi connectivity index (χ1) is 6.11. The summed E-state index contributed by atoms with van der Waals surface area (Å²) in [5.41, 5.74) is 8.52. The van der Waals surface area contributed by atoms with Gasteiger partial charge in [-0.05, 0) is 30.5 Å². The summed E-state index contributed by atoms with van der Waals surface area (Å²) in [6.45, 7) is 4.58. The molecule has 2 amide bonds. The lowest BCUT2D eigenvalue weighted by Gasteiger charge is -2.08. The number of carbonyl (C=O) groups is 1. The van der Waals surface area contributed by atoms with Crippen molar-refractivity contribution in [2.75, 3.05) is 0 Å². The van der Waals surface area contributed by atoms with Crippen LogP contribution in [0.5, 0.6) is 0 Å². The van der Waals surface area contributed by atoms with Crippen LogP contribution in [0.25, 0.3) is 0 Å². The van der Waals surface area contributed by atoms with Gasteiger partial charge in [0.2, 0.25) is 0 Å². The highest BCUT2D eigenvalue weighted by Crippen LogP contribution is 2.11. The Morgan fingerprint density at radius 2 is 2.15 bits per heavy atom. The topological polar surface area (TPSA) is 55.1 Å². The second-order valence-electron chi connectivity index (χ2n) is 3.08. The van der Waals surface area contributed by atoms with Crippen molar-refractivity contribution in [3.05, 3.63) is 34.9 Å². The van der Waals surface area contributed by atoms with E-state index in [0.717, 1.165) is 5.56 Å². The van der Waals surface area contributed by atoms with Gasteiger partial charge in [-0.2, -0.15) is 0 Å². The normalized spacial score (nSPS) is 9.69. The van der Waals surface area contributed by atoms with E-state index < -0.39 is 6.03 Å². The van der Waals surface area contributed by atoms with E-state index in [2.05, 4.69) is 5.32 Å². The molecule has 0 bridgehead atoms. The Balaban J connectivity index is 2.77. The van der Waals surface area contributed by atoms with Crippen LogP contribution in [0.1, 0.15) is 16.7 Å². The van der Waals surface area contributed by atoms with Crippen LogP contribution >= 0.6 is 0 Å². The summed E-state index contributed by atoms with van der Waals surface area (Å²) in [6, 6.07) is 5.52. The molecule has 1 aromatic carbocycles. The van der Waals surface area contributed by atoms with Gasteiger partial charge < -0.3 is 11.1 Å². The standard InChI is InChI=1S/C10H14N2O/c1-7-4-3-5-9(8(7)2)6-12-10(11)13/h3-5H,6H2,1-2H3,(H3,11,12,13). The minimum atomic E-state index is -0.485. The van der Waals surface area contributed by atoms with E-state index in [4.69, 9.17) is 5.73 Å². The summed E-state index contributed by atoms with van der Waals surface area (Å²) in [5, 5.41) is 2.57. The fraction of sp³-hybridized carbons (Fsp3) is 0.300. The number of nitrogens with one attached hydrogen (secondary N) is 1. The van der Waals surface area contributed by atoms with Gasteiger partial charge in [0, 0.05) is 6.54 Å². The van der Waals surface area contributed by atoms with Gasteiger partial charge in [-0.25, -0.2) is 4.79 Å². The number of nitrogens with two attached hydrogens (primary N) is 1. The quantitative estimate of drug-likeness (QED) is 0.708. The maximum atomic E-state index is 10.5. The SMILES string of the molecule is Cc1cccc(CNC(N)=O)c1C. The van der Waals surface area contributed by atoms with Crippen LogP contribution in [-0.4, -0.2) is 6.03 Å². The van der Waals surface area contributed by atoms with Crippen LogP contribution in [-0.2, 0) is 6.54 Å². The first-order valence-corrected chi connectivity index (χ1v) is 4.19. The number of hydrogen-bond acceptors (Lipinski definition) is 1. The van der Waals surface area contributed by atoms with Gasteiger partial charge in [0.15, 0.2) is 0 Å². The van der Waals surface area contributed by atoms with Crippen molar-refractivity contribution in [2.24, 2.45) is 5.73 Å². The summed E-state index contributed by atoms with van der Waals surface area (Å²) in [5.74, 6) is 0. The Bertz CT molecular complexity index is 321. The van der Waals surface area contributed by atoms with Crippen molar-refractivity contribution >= 4 is 6.03 Å². The Hall–Kier alpha value is -1.51. The molecule has 0 aliphatic carbocycles. The molecule has 0 aliphatic heterocycles. The number of benzene rings is 1. The van der Waals surface area contributed by atoms with Crippen LogP contribution in [0.2, 0.25) is 0 Å². The molecule has 0 saturated heterocycles. The lowest BCUT2D eigenvalue weighted by Crippen LogP contribution is -2.28. The van der Waals surface area contributed by atoms with Gasteiger partial charge in [0.25, 0.3) is 0 Å². The van der Waals surface area contributed by atoms with E-state index in [1.165, 1.54) is 11.1 Å². The van der Waals surface area contributed by atoms with Gasteiger partial charge in [0.05, 0.1) is 0 Å². The number of rotatable bonds is 2. The third-order valence-corrected chi connectivity index (χ3v) is 2.17. The van der Waals surface area contributed by atoms with E-state index in [9.17, 15) is 4.79 Å². The Morgan fingerprint density at radius 3 is 2.77 bits per heavy atom. The summed E-state index contributed by atoms with van der Waals surface area (Å²) in [6.07, 6.45) is 0. The maximum Gasteiger partial charge on any atom is 0.312 e. The second kappa shape index (κ2) is 3.94. The van der Waals surface area contributed by atoms with E-state index in [0.29, 0.717) is 6.54 Å². The molecule has 0 aromatic heterocycles. The highest BCUT2D eigenvalue weighted by atomic mass is 16.2. The molecule has 0 radical (unpaired) electrons. The summed E-state index contributed by atoms with van der Waals surface area (Å²) in [7, 11) is 0. The maximum absolute atomic E-state index is 10.5. The molecule has 1 aromatic rings. The monoisotopic (exact) mass is 178 g/mol. The number of aryl methyl sites for hydroxylation is 1. The van der Waals surface area contributed by atoms with Gasteiger partial charge >= 0.3 is 6.03 Å². The van der Waals surface area contributed by atoms with Crippen molar-refractivity contribution in [1.29, 1.82) is 0 Å². The lowest BCUT2D eigenvalue weighted by molar-refractivity contribution is 0.248. The summed E-state index contributed by atoms with van der Waals surface area (Å²) < 4.78 is 0. The average molecular weight is 178 g/mol. The summed E-state index contributed by atoms with van der Waals surface area (Å²) in [4.78, 5) is 10.5. The van der Waals surface area contributed by atoms with Crippen molar-refractivity contribution in [1.82, 2.24) is 5.32 Å². The molecule has 0 heterocycles. The minimum Gasteiger partial charge on any atom is -0.352 e. The summed E-state index contributed by atoms with van der Waals surface area (Å²) >= 11 is 0. The molecule has 0 fully saturated rings. The van der Waals surface area contributed by atoms with E-state index in [1.54, 1.807) is 0 Å². The number of urea groups is 1. The van der Waals surface area contributed by atoms with E-state index in [-0.39, 0.29) is 0 Å². The third kappa shape index (κ3) is 2.47. The second-order valence-corrected chi connectivity index (χ2v) is 3.08. The molecule has 3 N–H and O–H groups in total. The average Bonchev–Trinajstić information content (AvgIpc) is 2.07. The molecule has 1 rings (SSSR count). The predicted molar refractivity (Wildman–Crippen MR) is 52.3 cm³/mol. The number of carbonyl (C=O) groups excluding carboxylic acids is 1. The minimum absolute atomic E-state index is 0.485. The van der Waals surface area contributed by atoms with E-state index >= 15 is 0 Å². The number of amides is 2. The first kappa shape index (κ1) is 9.58. The molecule has 0 atom stereocenters. The van der Waals surface area contributed by atoms with Gasteiger partial charge in [-0.3, -0.25) is 0 Å². The van der Waals surface area contributed by atoms with Crippen molar-refractivity contribution in [3.8, 4) is 0 Å². The van der Waals surface area contributed by atoms with Crippen molar-refractivity contribution in [3.63, 3.8) is 0 Å². The smallest absolute Gasteiger partial charge is 0.312 e. The molecule has 13 heavy (non-hydrogen) atoms. The molecule has 70 valence electrons. The number of primary amides is 1. The number of hydrogen-bond donors (Lipinski definition) is 2. The molecule has 0 saturated carbocycles. The van der Waals surface area contributed by atoms with Crippen LogP contribution in [0.15, 0.2) is 18.2 Å². The molecule has 0 aliphatic rings. The predicted octanol–water partition coefficient (Wildman–Crippen LogP) is 1.47. The third-order valence-electron chi connectivity index (χ3n) is 2.17. The molecule has 0 spiro atoms. The Kier molecular flexibility index (Phi) is 2.90. The largest absolute Gasteiger partial charge is 0.352 e. The molecular weight excluding hydrogens is 164 g/mol. The first-order valence-electron chi connectivity index (χ1n) is 4.19. The highest BCUT2D eigenvalue weighted by molar-refractivity contribution is 5.71. The van der Waals surface area contributed by atoms with Crippen LogP contribution < -0.4 is 11.1 Å². The lowest BCUT2D eigenvalue weighted by atomic mass is 10.0. The van der Waals surface area contributed by atoms with Crippen molar-refractivity contribution in [2.45, 2.75) is 20.4 Å². The highest BCUT2D eigenvalue weighted by Gasteiger charge is 2.00. The van der Waals surface area contributed by atoms with Gasteiger partial charge in [0.1, 0.15) is 0 Å².